The van der Waals surface area contributed by atoms with E-state index in [1.165, 1.54) is 0 Å². The molecule has 0 heterocycles. The average molecular weight is 375 g/mol. The number of hydrogen-bond acceptors (Lipinski definition) is 2. The van der Waals surface area contributed by atoms with Gasteiger partial charge in [-0.05, 0) is 54.0 Å². The Hall–Kier alpha value is -2.14. The van der Waals surface area contributed by atoms with Crippen LogP contribution in [0.15, 0.2) is 60.7 Å². The zero-order valence-corrected chi connectivity index (χ0v) is 14.7. The number of nitrogens with one attached hydrogen (secondary N) is 2. The number of anilines is 1. The number of thiocarbonyl (C=S) groups is 1. The number of fused-ring (bicyclic) bond motifs is 1. The van der Waals surface area contributed by atoms with Gasteiger partial charge in [0, 0.05) is 26.7 Å². The molecule has 0 radical (unpaired) electrons. The third-order valence-electron chi connectivity index (χ3n) is 3.44. The van der Waals surface area contributed by atoms with Gasteiger partial charge in [0.2, 0.25) is 0 Å². The molecule has 0 aromatic heterocycles. The molecule has 3 aromatic rings. The van der Waals surface area contributed by atoms with Crippen molar-refractivity contribution in [3.8, 4) is 0 Å². The smallest absolute Gasteiger partial charge is 0.258 e. The molecule has 0 aliphatic carbocycles. The van der Waals surface area contributed by atoms with Gasteiger partial charge in [-0.15, -0.1) is 0 Å². The van der Waals surface area contributed by atoms with E-state index in [1.54, 1.807) is 42.5 Å². The number of rotatable bonds is 2. The summed E-state index contributed by atoms with van der Waals surface area (Å²) in [5.74, 6) is -0.297. The fourth-order valence-corrected chi connectivity index (χ4v) is 2.91. The van der Waals surface area contributed by atoms with Crippen molar-refractivity contribution in [2.45, 2.75) is 0 Å². The van der Waals surface area contributed by atoms with E-state index >= 15 is 0 Å². The van der Waals surface area contributed by atoms with Gasteiger partial charge in [0.1, 0.15) is 0 Å². The Morgan fingerprint density at radius 1 is 0.875 bits per heavy atom. The molecule has 0 aliphatic rings. The number of amides is 1. The van der Waals surface area contributed by atoms with Gasteiger partial charge in [-0.3, -0.25) is 10.1 Å². The summed E-state index contributed by atoms with van der Waals surface area (Å²) < 4.78 is 0. The van der Waals surface area contributed by atoms with Crippen molar-refractivity contribution in [1.82, 2.24) is 5.32 Å². The standard InChI is InChI=1S/C18H12Cl2N2OS/c19-11-7-9-12(10-8-11)21-18(24)22-17(23)15-5-1-4-14-13(15)3-2-6-16(14)20/h1-10H,(H2,21,22,23,24). The third kappa shape index (κ3) is 3.67. The Kier molecular flexibility index (Phi) is 5.00. The monoisotopic (exact) mass is 374 g/mol. The van der Waals surface area contributed by atoms with E-state index < -0.39 is 0 Å². The van der Waals surface area contributed by atoms with Crippen LogP contribution >= 0.6 is 35.4 Å². The maximum atomic E-state index is 12.5. The molecule has 24 heavy (non-hydrogen) atoms. The topological polar surface area (TPSA) is 41.1 Å². The van der Waals surface area contributed by atoms with Crippen LogP contribution in [0.25, 0.3) is 10.8 Å². The van der Waals surface area contributed by atoms with E-state index in [-0.39, 0.29) is 11.0 Å². The van der Waals surface area contributed by atoms with Gasteiger partial charge in [0.25, 0.3) is 5.91 Å². The lowest BCUT2D eigenvalue weighted by Gasteiger charge is -2.11. The van der Waals surface area contributed by atoms with E-state index in [4.69, 9.17) is 35.4 Å². The second kappa shape index (κ2) is 7.18. The van der Waals surface area contributed by atoms with Gasteiger partial charge in [-0.1, -0.05) is 47.5 Å². The molecule has 120 valence electrons. The minimum absolute atomic E-state index is 0.210. The van der Waals surface area contributed by atoms with Crippen molar-refractivity contribution in [3.63, 3.8) is 0 Å². The molecule has 0 spiro atoms. The molecular formula is C18H12Cl2N2OS. The molecule has 1 amide bonds. The number of benzene rings is 3. The van der Waals surface area contributed by atoms with E-state index in [2.05, 4.69) is 10.6 Å². The van der Waals surface area contributed by atoms with E-state index in [9.17, 15) is 4.79 Å². The SMILES string of the molecule is O=C(NC(=S)Nc1ccc(Cl)cc1)c1cccc2c(Cl)cccc12. The Morgan fingerprint density at radius 2 is 1.54 bits per heavy atom. The largest absolute Gasteiger partial charge is 0.332 e. The molecule has 0 unspecified atom stereocenters. The fraction of sp³-hybridized carbons (Fsp3) is 0. The lowest BCUT2D eigenvalue weighted by Crippen LogP contribution is -2.34. The summed E-state index contributed by atoms with van der Waals surface area (Å²) in [5, 5.41) is 8.66. The number of hydrogen-bond donors (Lipinski definition) is 2. The molecule has 0 saturated carbocycles. The first-order valence-corrected chi connectivity index (χ1v) is 8.26. The van der Waals surface area contributed by atoms with Crippen molar-refractivity contribution >= 4 is 62.9 Å². The van der Waals surface area contributed by atoms with Gasteiger partial charge in [0.05, 0.1) is 0 Å². The molecule has 3 nitrogen and oxygen atoms in total. The summed E-state index contributed by atoms with van der Waals surface area (Å²) >= 11 is 17.2. The van der Waals surface area contributed by atoms with Crippen molar-refractivity contribution in [2.24, 2.45) is 0 Å². The highest BCUT2D eigenvalue weighted by Crippen LogP contribution is 2.25. The Labute approximate surface area is 154 Å². The molecule has 0 aliphatic heterocycles. The molecule has 6 heteroatoms. The quantitative estimate of drug-likeness (QED) is 0.600. The summed E-state index contributed by atoms with van der Waals surface area (Å²) in [6, 6.07) is 17.9. The normalized spacial score (nSPS) is 10.4. The predicted molar refractivity (Wildman–Crippen MR) is 104 cm³/mol. The molecule has 3 rings (SSSR count). The van der Waals surface area contributed by atoms with Crippen LogP contribution in [-0.2, 0) is 0 Å². The Balaban J connectivity index is 1.79. The zero-order chi connectivity index (χ0) is 17.1. The molecule has 0 bridgehead atoms. The van der Waals surface area contributed by atoms with Gasteiger partial charge in [-0.25, -0.2) is 0 Å². The highest BCUT2D eigenvalue weighted by molar-refractivity contribution is 7.80. The van der Waals surface area contributed by atoms with Crippen molar-refractivity contribution < 1.29 is 4.79 Å². The number of carbonyl (C=O) groups is 1. The highest BCUT2D eigenvalue weighted by atomic mass is 35.5. The van der Waals surface area contributed by atoms with Crippen LogP contribution in [0.2, 0.25) is 10.0 Å². The summed E-state index contributed by atoms with van der Waals surface area (Å²) in [4.78, 5) is 12.5. The van der Waals surface area contributed by atoms with Crippen LogP contribution < -0.4 is 10.6 Å². The van der Waals surface area contributed by atoms with Crippen LogP contribution in [0, 0.1) is 0 Å². The minimum Gasteiger partial charge on any atom is -0.332 e. The van der Waals surface area contributed by atoms with Crippen molar-refractivity contribution in [1.29, 1.82) is 0 Å². The van der Waals surface area contributed by atoms with Crippen LogP contribution in [0.3, 0.4) is 0 Å². The third-order valence-corrected chi connectivity index (χ3v) is 4.23. The summed E-state index contributed by atoms with van der Waals surface area (Å²) in [6.45, 7) is 0. The Bertz CT molecular complexity index is 926. The molecule has 0 saturated heterocycles. The van der Waals surface area contributed by atoms with Crippen molar-refractivity contribution in [2.75, 3.05) is 5.32 Å². The van der Waals surface area contributed by atoms with Gasteiger partial charge in [-0.2, -0.15) is 0 Å². The second-order valence-electron chi connectivity index (χ2n) is 5.06. The maximum absolute atomic E-state index is 12.5. The highest BCUT2D eigenvalue weighted by Gasteiger charge is 2.12. The number of halogens is 2. The zero-order valence-electron chi connectivity index (χ0n) is 12.3. The van der Waals surface area contributed by atoms with Crippen molar-refractivity contribution in [3.05, 3.63) is 76.3 Å². The molecule has 3 aromatic carbocycles. The first-order valence-electron chi connectivity index (χ1n) is 7.10. The summed E-state index contributed by atoms with van der Waals surface area (Å²) in [5.41, 5.74) is 1.25. The first kappa shape index (κ1) is 16.7. The summed E-state index contributed by atoms with van der Waals surface area (Å²) in [7, 11) is 0. The number of carbonyl (C=O) groups excluding carboxylic acids is 1. The summed E-state index contributed by atoms with van der Waals surface area (Å²) in [6.07, 6.45) is 0. The molecule has 0 atom stereocenters. The Morgan fingerprint density at radius 3 is 2.29 bits per heavy atom. The average Bonchev–Trinajstić information content (AvgIpc) is 2.57. The molecule has 2 N–H and O–H groups in total. The first-order chi connectivity index (χ1) is 11.5. The maximum Gasteiger partial charge on any atom is 0.258 e. The fourth-order valence-electron chi connectivity index (χ4n) is 2.34. The van der Waals surface area contributed by atoms with E-state index in [0.29, 0.717) is 15.6 Å². The van der Waals surface area contributed by atoms with E-state index in [0.717, 1.165) is 16.5 Å². The van der Waals surface area contributed by atoms with Crippen LogP contribution in [0.1, 0.15) is 10.4 Å². The minimum atomic E-state index is -0.297. The van der Waals surface area contributed by atoms with Gasteiger partial charge >= 0.3 is 0 Å². The van der Waals surface area contributed by atoms with E-state index in [1.807, 2.05) is 18.2 Å². The predicted octanol–water partition coefficient (Wildman–Crippen LogP) is 5.27. The molecular weight excluding hydrogens is 363 g/mol. The van der Waals surface area contributed by atoms with Crippen LogP contribution in [-0.4, -0.2) is 11.0 Å². The van der Waals surface area contributed by atoms with Gasteiger partial charge < -0.3 is 5.32 Å². The van der Waals surface area contributed by atoms with Crippen LogP contribution in [0.5, 0.6) is 0 Å². The van der Waals surface area contributed by atoms with Crippen LogP contribution in [0.4, 0.5) is 5.69 Å². The van der Waals surface area contributed by atoms with Gasteiger partial charge in [0.15, 0.2) is 5.11 Å². The lowest BCUT2D eigenvalue weighted by molar-refractivity contribution is 0.0979. The molecule has 0 fully saturated rings. The second-order valence-corrected chi connectivity index (χ2v) is 6.31. The lowest BCUT2D eigenvalue weighted by atomic mass is 10.0.